The molecule has 11 heteroatoms. The van der Waals surface area contributed by atoms with Crippen molar-refractivity contribution in [3.8, 4) is 0 Å². The molecular weight excluding hydrogens is 360 g/mol. The summed E-state index contributed by atoms with van der Waals surface area (Å²) in [5, 5.41) is 0. The van der Waals surface area contributed by atoms with Crippen molar-refractivity contribution < 1.29 is 17.9 Å². The van der Waals surface area contributed by atoms with Gasteiger partial charge in [0.1, 0.15) is 6.04 Å². The fourth-order valence-electron chi connectivity index (χ4n) is 1.90. The molecule has 140 valence electrons. The van der Waals surface area contributed by atoms with E-state index in [0.717, 1.165) is 0 Å². The summed E-state index contributed by atoms with van der Waals surface area (Å²) in [6.45, 7) is 1.12. The number of carbonyl (C=O) groups is 1. The minimum Gasteiger partial charge on any atom is -0.456 e. The molecule has 0 radical (unpaired) electrons. The number of nitrogen functional groups attached to an aromatic ring is 1. The van der Waals surface area contributed by atoms with Crippen LogP contribution in [0.1, 0.15) is 12.7 Å². The molecule has 0 fully saturated rings. The van der Waals surface area contributed by atoms with Crippen molar-refractivity contribution in [2.24, 2.45) is 0 Å². The molecule has 2 rings (SSSR count). The van der Waals surface area contributed by atoms with Gasteiger partial charge in [-0.15, -0.1) is 0 Å². The van der Waals surface area contributed by atoms with E-state index >= 15 is 0 Å². The van der Waals surface area contributed by atoms with Crippen molar-refractivity contribution in [2.45, 2.75) is 24.5 Å². The summed E-state index contributed by atoms with van der Waals surface area (Å²) in [5.41, 5.74) is 5.59. The number of hydrogen-bond acceptors (Lipinski definition) is 9. The molecule has 1 aromatic carbocycles. The number of aromatic nitrogens is 3. The van der Waals surface area contributed by atoms with Crippen molar-refractivity contribution in [1.29, 1.82) is 0 Å². The molecule has 1 aromatic heterocycles. The number of esters is 1. The van der Waals surface area contributed by atoms with Gasteiger partial charge in [-0.2, -0.15) is 19.7 Å². The number of nitrogens with one attached hydrogen (secondary N) is 1. The van der Waals surface area contributed by atoms with Crippen LogP contribution in [0.3, 0.4) is 0 Å². The van der Waals surface area contributed by atoms with Gasteiger partial charge in [-0.1, -0.05) is 18.2 Å². The standard InChI is InChI=1S/C15H20N6O4S/c1-10(20-26(23,24)11-7-5-4-6-8-11)13(22)25-9-12-17-14(16)19-15(18-12)21(2)3/h4-8,10,20H,9H2,1-3H3,(H2,16,17,18,19)/t10-/m0/s1. The zero-order chi connectivity index (χ0) is 19.3. The Morgan fingerprint density at radius 2 is 1.88 bits per heavy atom. The second-order valence-corrected chi connectivity index (χ2v) is 7.28. The molecule has 3 N–H and O–H groups in total. The van der Waals surface area contributed by atoms with Gasteiger partial charge in [0, 0.05) is 14.1 Å². The zero-order valence-corrected chi connectivity index (χ0v) is 15.4. The Morgan fingerprint density at radius 1 is 1.23 bits per heavy atom. The molecule has 0 aliphatic carbocycles. The first-order valence-corrected chi connectivity index (χ1v) is 9.09. The van der Waals surface area contributed by atoms with Crippen molar-refractivity contribution >= 4 is 27.9 Å². The molecule has 1 atom stereocenters. The van der Waals surface area contributed by atoms with Crippen LogP contribution >= 0.6 is 0 Å². The number of carbonyl (C=O) groups excluding carboxylic acids is 1. The molecule has 1 heterocycles. The van der Waals surface area contributed by atoms with Gasteiger partial charge >= 0.3 is 5.97 Å². The van der Waals surface area contributed by atoms with Crippen molar-refractivity contribution in [2.75, 3.05) is 24.7 Å². The molecule has 0 amide bonds. The van der Waals surface area contributed by atoms with Crippen LogP contribution in [0.25, 0.3) is 0 Å². The average molecular weight is 380 g/mol. The molecule has 10 nitrogen and oxygen atoms in total. The molecule has 0 bridgehead atoms. The number of nitrogens with zero attached hydrogens (tertiary/aromatic N) is 4. The minimum absolute atomic E-state index is 0.00687. The van der Waals surface area contributed by atoms with Gasteiger partial charge in [-0.25, -0.2) is 8.42 Å². The molecule has 0 saturated heterocycles. The quantitative estimate of drug-likeness (QED) is 0.631. The second-order valence-electron chi connectivity index (χ2n) is 5.57. The summed E-state index contributed by atoms with van der Waals surface area (Å²) in [6, 6.07) is 6.63. The number of benzene rings is 1. The molecular formula is C15H20N6O4S. The Bertz CT molecular complexity index is 873. The molecule has 0 spiro atoms. The van der Waals surface area contributed by atoms with E-state index in [4.69, 9.17) is 10.5 Å². The fourth-order valence-corrected chi connectivity index (χ4v) is 3.11. The van der Waals surface area contributed by atoms with Crippen LogP contribution in [-0.2, 0) is 26.2 Å². The third-order valence-corrected chi connectivity index (χ3v) is 4.73. The van der Waals surface area contributed by atoms with Gasteiger partial charge in [-0.05, 0) is 19.1 Å². The second kappa shape index (κ2) is 8.06. The topological polar surface area (TPSA) is 140 Å². The highest BCUT2D eigenvalue weighted by molar-refractivity contribution is 7.89. The monoisotopic (exact) mass is 380 g/mol. The molecule has 0 unspecified atom stereocenters. The highest BCUT2D eigenvalue weighted by Gasteiger charge is 2.23. The maximum Gasteiger partial charge on any atom is 0.324 e. The fraction of sp³-hybridized carbons (Fsp3) is 0.333. The maximum atomic E-state index is 12.2. The normalized spacial score (nSPS) is 12.4. The first kappa shape index (κ1) is 19.5. The van der Waals surface area contributed by atoms with Crippen LogP contribution in [-0.4, -0.2) is 49.5 Å². The Hall–Kier alpha value is -2.79. The van der Waals surface area contributed by atoms with E-state index in [0.29, 0.717) is 5.95 Å². The highest BCUT2D eigenvalue weighted by atomic mass is 32.2. The number of nitrogens with two attached hydrogens (primary N) is 1. The van der Waals surface area contributed by atoms with E-state index in [-0.39, 0.29) is 23.3 Å². The molecule has 0 saturated carbocycles. The van der Waals surface area contributed by atoms with Crippen molar-refractivity contribution in [3.63, 3.8) is 0 Å². The van der Waals surface area contributed by atoms with Crippen LogP contribution in [0.2, 0.25) is 0 Å². The van der Waals surface area contributed by atoms with Gasteiger partial charge in [0.25, 0.3) is 0 Å². The third kappa shape index (κ3) is 5.10. The van der Waals surface area contributed by atoms with E-state index in [9.17, 15) is 13.2 Å². The van der Waals surface area contributed by atoms with E-state index in [1.165, 1.54) is 19.1 Å². The highest BCUT2D eigenvalue weighted by Crippen LogP contribution is 2.10. The average Bonchev–Trinajstić information content (AvgIpc) is 2.59. The number of sulfonamides is 1. The number of anilines is 2. The van der Waals surface area contributed by atoms with Gasteiger partial charge < -0.3 is 15.4 Å². The van der Waals surface area contributed by atoms with Gasteiger partial charge in [0.2, 0.25) is 21.9 Å². The summed E-state index contributed by atoms with van der Waals surface area (Å²) >= 11 is 0. The SMILES string of the molecule is C[C@H](NS(=O)(=O)c1ccccc1)C(=O)OCc1nc(N)nc(N(C)C)n1. The maximum absolute atomic E-state index is 12.2. The summed E-state index contributed by atoms with van der Waals surface area (Å²) < 4.78 is 31.8. The molecule has 26 heavy (non-hydrogen) atoms. The van der Waals surface area contributed by atoms with Crippen molar-refractivity contribution in [1.82, 2.24) is 19.7 Å². The smallest absolute Gasteiger partial charge is 0.324 e. The van der Waals surface area contributed by atoms with E-state index in [1.54, 1.807) is 37.2 Å². The van der Waals surface area contributed by atoms with Crippen LogP contribution in [0.4, 0.5) is 11.9 Å². The Balaban J connectivity index is 2.00. The van der Waals surface area contributed by atoms with Crippen LogP contribution in [0, 0.1) is 0 Å². The van der Waals surface area contributed by atoms with Crippen LogP contribution in [0.15, 0.2) is 35.2 Å². The summed E-state index contributed by atoms with van der Waals surface area (Å²) in [7, 11) is -0.377. The van der Waals surface area contributed by atoms with Gasteiger partial charge in [0.05, 0.1) is 4.90 Å². The van der Waals surface area contributed by atoms with Gasteiger partial charge in [-0.3, -0.25) is 4.79 Å². The first-order valence-electron chi connectivity index (χ1n) is 7.61. The lowest BCUT2D eigenvalue weighted by Crippen LogP contribution is -2.39. The first-order chi connectivity index (χ1) is 12.2. The van der Waals surface area contributed by atoms with E-state index < -0.39 is 22.0 Å². The Kier molecular flexibility index (Phi) is 6.05. The summed E-state index contributed by atoms with van der Waals surface area (Å²) in [6.07, 6.45) is 0. The zero-order valence-electron chi connectivity index (χ0n) is 14.6. The van der Waals surface area contributed by atoms with E-state index in [1.807, 2.05) is 0 Å². The van der Waals surface area contributed by atoms with Gasteiger partial charge in [0.15, 0.2) is 12.4 Å². The minimum atomic E-state index is -3.83. The third-order valence-electron chi connectivity index (χ3n) is 3.17. The molecule has 0 aliphatic heterocycles. The Labute approximate surface area is 151 Å². The number of rotatable bonds is 7. The Morgan fingerprint density at radius 3 is 2.50 bits per heavy atom. The predicted octanol–water partition coefficient (Wildman–Crippen LogP) is -0.0700. The lowest BCUT2D eigenvalue weighted by Gasteiger charge is -2.14. The van der Waals surface area contributed by atoms with Crippen molar-refractivity contribution in [3.05, 3.63) is 36.2 Å². The van der Waals surface area contributed by atoms with Crippen LogP contribution < -0.4 is 15.4 Å². The summed E-state index contributed by atoms with van der Waals surface area (Å²) in [5.74, 6) is -0.295. The van der Waals surface area contributed by atoms with E-state index in [2.05, 4.69) is 19.7 Å². The molecule has 0 aliphatic rings. The molecule has 2 aromatic rings. The summed E-state index contributed by atoms with van der Waals surface area (Å²) in [4.78, 5) is 25.7. The van der Waals surface area contributed by atoms with Crippen LogP contribution in [0.5, 0.6) is 0 Å². The lowest BCUT2D eigenvalue weighted by molar-refractivity contribution is -0.146. The number of hydrogen-bond donors (Lipinski definition) is 2. The largest absolute Gasteiger partial charge is 0.456 e. The predicted molar refractivity (Wildman–Crippen MR) is 94.6 cm³/mol. The lowest BCUT2D eigenvalue weighted by atomic mass is 10.4. The number of ether oxygens (including phenoxy) is 1.